The minimum Gasteiger partial charge on any atom is -0.335 e. The monoisotopic (exact) mass is 279 g/mol. The summed E-state index contributed by atoms with van der Waals surface area (Å²) in [5, 5.41) is 17.7. The molecule has 0 aliphatic heterocycles. The standard InChI is InChI=1S/C11H10ClN5S/c1-7(6-13)18-11-16-15-10(17(11)14)8-2-4-9(12)5-3-8/h2-5,7H,14H2,1H3. The summed E-state index contributed by atoms with van der Waals surface area (Å²) in [4.78, 5) is 0. The molecule has 0 saturated heterocycles. The summed E-state index contributed by atoms with van der Waals surface area (Å²) < 4.78 is 1.38. The first-order valence-electron chi connectivity index (χ1n) is 5.14. The maximum absolute atomic E-state index is 8.76. The van der Waals surface area contributed by atoms with Gasteiger partial charge in [0.1, 0.15) is 0 Å². The normalized spacial score (nSPS) is 12.1. The molecule has 18 heavy (non-hydrogen) atoms. The maximum Gasteiger partial charge on any atom is 0.211 e. The van der Waals surface area contributed by atoms with E-state index >= 15 is 0 Å². The summed E-state index contributed by atoms with van der Waals surface area (Å²) in [6, 6.07) is 9.26. The number of rotatable bonds is 3. The Bertz CT molecular complexity index is 586. The first-order valence-corrected chi connectivity index (χ1v) is 6.40. The van der Waals surface area contributed by atoms with Gasteiger partial charge in [-0.3, -0.25) is 0 Å². The van der Waals surface area contributed by atoms with Crippen molar-refractivity contribution in [2.45, 2.75) is 17.3 Å². The van der Waals surface area contributed by atoms with Crippen molar-refractivity contribution in [3.63, 3.8) is 0 Å². The van der Waals surface area contributed by atoms with Gasteiger partial charge in [0.15, 0.2) is 5.82 Å². The van der Waals surface area contributed by atoms with Gasteiger partial charge in [-0.15, -0.1) is 10.2 Å². The summed E-state index contributed by atoms with van der Waals surface area (Å²) in [6.45, 7) is 1.78. The van der Waals surface area contributed by atoms with E-state index in [1.165, 1.54) is 16.4 Å². The van der Waals surface area contributed by atoms with E-state index in [1.807, 2.05) is 12.1 Å². The van der Waals surface area contributed by atoms with Gasteiger partial charge < -0.3 is 5.84 Å². The topological polar surface area (TPSA) is 80.5 Å². The summed E-state index contributed by atoms with van der Waals surface area (Å²) in [6.07, 6.45) is 0. The van der Waals surface area contributed by atoms with Crippen molar-refractivity contribution in [1.29, 1.82) is 5.26 Å². The van der Waals surface area contributed by atoms with Crippen LogP contribution in [0.15, 0.2) is 29.4 Å². The number of thioether (sulfide) groups is 1. The number of nitrogen functional groups attached to an aromatic ring is 1. The molecule has 1 heterocycles. The molecule has 0 radical (unpaired) electrons. The number of nitrogens with zero attached hydrogens (tertiary/aromatic N) is 4. The zero-order valence-electron chi connectivity index (χ0n) is 9.54. The Kier molecular flexibility index (Phi) is 3.75. The molecule has 0 saturated carbocycles. The molecular formula is C11H10ClN5S. The Hall–Kier alpha value is -1.71. The average molecular weight is 280 g/mol. The van der Waals surface area contributed by atoms with Crippen molar-refractivity contribution in [2.24, 2.45) is 0 Å². The molecule has 1 atom stereocenters. The predicted molar refractivity (Wildman–Crippen MR) is 71.6 cm³/mol. The maximum atomic E-state index is 8.76. The third kappa shape index (κ3) is 2.58. The minimum absolute atomic E-state index is 0.227. The lowest BCUT2D eigenvalue weighted by Crippen LogP contribution is -2.12. The Morgan fingerprint density at radius 1 is 1.39 bits per heavy atom. The second-order valence-corrected chi connectivity index (χ2v) is 5.32. The Balaban J connectivity index is 2.31. The van der Waals surface area contributed by atoms with E-state index in [9.17, 15) is 0 Å². The molecule has 0 bridgehead atoms. The first-order chi connectivity index (χ1) is 8.61. The summed E-state index contributed by atoms with van der Waals surface area (Å²) in [7, 11) is 0. The molecule has 0 spiro atoms. The van der Waals surface area contributed by atoms with Gasteiger partial charge in [-0.2, -0.15) is 5.26 Å². The van der Waals surface area contributed by atoms with Crippen LogP contribution in [0.1, 0.15) is 6.92 Å². The fraction of sp³-hybridized carbons (Fsp3) is 0.182. The van der Waals surface area contributed by atoms with Crippen LogP contribution >= 0.6 is 23.4 Å². The number of nitrogens with two attached hydrogens (primary N) is 1. The van der Waals surface area contributed by atoms with Gasteiger partial charge in [0, 0.05) is 10.6 Å². The van der Waals surface area contributed by atoms with Gasteiger partial charge in [0.25, 0.3) is 0 Å². The van der Waals surface area contributed by atoms with Crippen molar-refractivity contribution in [2.75, 3.05) is 5.84 Å². The molecule has 1 aromatic carbocycles. The highest BCUT2D eigenvalue weighted by molar-refractivity contribution is 8.00. The molecule has 2 aromatic rings. The Labute approximate surface area is 114 Å². The molecule has 92 valence electrons. The van der Waals surface area contributed by atoms with Crippen molar-refractivity contribution in [1.82, 2.24) is 14.9 Å². The van der Waals surface area contributed by atoms with Crippen LogP contribution < -0.4 is 5.84 Å². The lowest BCUT2D eigenvalue weighted by molar-refractivity contribution is 0.848. The van der Waals surface area contributed by atoms with E-state index in [1.54, 1.807) is 19.1 Å². The van der Waals surface area contributed by atoms with E-state index in [4.69, 9.17) is 22.7 Å². The minimum atomic E-state index is -0.227. The predicted octanol–water partition coefficient (Wildman–Crippen LogP) is 2.32. The quantitative estimate of drug-likeness (QED) is 0.689. The van der Waals surface area contributed by atoms with E-state index in [-0.39, 0.29) is 5.25 Å². The van der Waals surface area contributed by atoms with E-state index in [0.29, 0.717) is 16.0 Å². The lowest BCUT2D eigenvalue weighted by Gasteiger charge is -2.04. The van der Waals surface area contributed by atoms with Crippen LogP contribution in [0.4, 0.5) is 0 Å². The summed E-state index contributed by atoms with van der Waals surface area (Å²) in [5.74, 6) is 6.45. The van der Waals surface area contributed by atoms with Crippen LogP contribution in [0.2, 0.25) is 5.02 Å². The fourth-order valence-electron chi connectivity index (χ4n) is 1.34. The van der Waals surface area contributed by atoms with E-state index < -0.39 is 0 Å². The van der Waals surface area contributed by atoms with Crippen LogP contribution in [0.3, 0.4) is 0 Å². The fourth-order valence-corrected chi connectivity index (χ4v) is 2.12. The first kappa shape index (κ1) is 12.7. The van der Waals surface area contributed by atoms with Crippen molar-refractivity contribution >= 4 is 23.4 Å². The van der Waals surface area contributed by atoms with Gasteiger partial charge in [0.2, 0.25) is 5.16 Å². The largest absolute Gasteiger partial charge is 0.335 e. The number of hydrogen-bond donors (Lipinski definition) is 1. The average Bonchev–Trinajstić information content (AvgIpc) is 2.72. The van der Waals surface area contributed by atoms with Gasteiger partial charge >= 0.3 is 0 Å². The third-order valence-electron chi connectivity index (χ3n) is 2.23. The zero-order chi connectivity index (χ0) is 13.1. The van der Waals surface area contributed by atoms with Gasteiger partial charge in [-0.1, -0.05) is 23.4 Å². The van der Waals surface area contributed by atoms with E-state index in [2.05, 4.69) is 16.3 Å². The molecular weight excluding hydrogens is 270 g/mol. The number of nitriles is 1. The van der Waals surface area contributed by atoms with E-state index in [0.717, 1.165) is 5.56 Å². The highest BCUT2D eigenvalue weighted by Crippen LogP contribution is 2.24. The van der Waals surface area contributed by atoms with Crippen LogP contribution in [-0.4, -0.2) is 20.1 Å². The lowest BCUT2D eigenvalue weighted by atomic mass is 10.2. The number of aromatic nitrogens is 3. The molecule has 2 N–H and O–H groups in total. The number of hydrogen-bond acceptors (Lipinski definition) is 5. The smallest absolute Gasteiger partial charge is 0.211 e. The molecule has 2 rings (SSSR count). The molecule has 0 fully saturated rings. The van der Waals surface area contributed by atoms with Crippen molar-refractivity contribution < 1.29 is 0 Å². The molecule has 1 aromatic heterocycles. The zero-order valence-corrected chi connectivity index (χ0v) is 11.1. The second kappa shape index (κ2) is 5.29. The van der Waals surface area contributed by atoms with Gasteiger partial charge in [-0.25, -0.2) is 4.68 Å². The SMILES string of the molecule is CC(C#N)Sc1nnc(-c2ccc(Cl)cc2)n1N. The Morgan fingerprint density at radius 2 is 2.06 bits per heavy atom. The highest BCUT2D eigenvalue weighted by Gasteiger charge is 2.14. The molecule has 5 nitrogen and oxygen atoms in total. The number of halogens is 1. The van der Waals surface area contributed by atoms with Crippen LogP contribution in [0.5, 0.6) is 0 Å². The molecule has 1 unspecified atom stereocenters. The highest BCUT2D eigenvalue weighted by atomic mass is 35.5. The third-order valence-corrected chi connectivity index (χ3v) is 3.43. The van der Waals surface area contributed by atoms with Gasteiger partial charge in [-0.05, 0) is 31.2 Å². The van der Waals surface area contributed by atoms with Crippen LogP contribution in [0, 0.1) is 11.3 Å². The number of benzene rings is 1. The second-order valence-electron chi connectivity index (χ2n) is 3.57. The molecule has 0 amide bonds. The summed E-state index contributed by atoms with van der Waals surface area (Å²) >= 11 is 7.08. The molecule has 7 heteroatoms. The molecule has 0 aliphatic carbocycles. The van der Waals surface area contributed by atoms with Crippen LogP contribution in [0.25, 0.3) is 11.4 Å². The summed E-state index contributed by atoms with van der Waals surface area (Å²) in [5.41, 5.74) is 0.825. The van der Waals surface area contributed by atoms with Crippen molar-refractivity contribution in [3.05, 3.63) is 29.3 Å². The van der Waals surface area contributed by atoms with Crippen molar-refractivity contribution in [3.8, 4) is 17.5 Å². The van der Waals surface area contributed by atoms with Gasteiger partial charge in [0.05, 0.1) is 11.3 Å². The Morgan fingerprint density at radius 3 is 2.67 bits per heavy atom. The molecule has 0 aliphatic rings. The van der Waals surface area contributed by atoms with Crippen LogP contribution in [-0.2, 0) is 0 Å².